The molecule has 0 saturated heterocycles. The van der Waals surface area contributed by atoms with Crippen LogP contribution in [-0.2, 0) is 18.6 Å². The highest BCUT2D eigenvalue weighted by molar-refractivity contribution is 6.05. The molecule has 1 atom stereocenters. The third-order valence-corrected chi connectivity index (χ3v) is 4.73. The molecule has 25 heavy (non-hydrogen) atoms. The van der Waals surface area contributed by atoms with Crippen LogP contribution in [-0.4, -0.2) is 15.7 Å². The van der Waals surface area contributed by atoms with E-state index in [1.165, 1.54) is 7.05 Å². The molecule has 0 bridgehead atoms. The average molecular weight is 351 g/mol. The molecule has 1 heterocycles. The van der Waals surface area contributed by atoms with Crippen molar-refractivity contribution in [3.63, 3.8) is 0 Å². The van der Waals surface area contributed by atoms with Crippen LogP contribution >= 0.6 is 0 Å². The number of hydrogen-bond donors (Lipinski definition) is 1. The molecule has 1 aliphatic carbocycles. The Kier molecular flexibility index (Phi) is 3.93. The predicted octanol–water partition coefficient (Wildman–Crippen LogP) is 4.48. The first kappa shape index (κ1) is 17.5. The second-order valence-electron chi connectivity index (χ2n) is 7.27. The van der Waals surface area contributed by atoms with Gasteiger partial charge in [-0.05, 0) is 34.9 Å². The third kappa shape index (κ3) is 3.03. The van der Waals surface area contributed by atoms with E-state index in [4.69, 9.17) is 0 Å². The standard InChI is InChI=1S/C18H20F3N3O/c1-10-8-17(2,3)12-6-5-7-13(14(10)12)22-16(25)11-9-24(4)23-15(11)18(19,20)21/h5-7,9-10H,8H2,1-4H3,(H,22,25). The SMILES string of the molecule is CC1CC(C)(C)c2cccc(NC(=O)c3cn(C)nc3C(F)(F)F)c21. The number of benzene rings is 1. The summed E-state index contributed by atoms with van der Waals surface area (Å²) in [6.45, 7) is 6.32. The van der Waals surface area contributed by atoms with E-state index in [1.807, 2.05) is 12.1 Å². The average Bonchev–Trinajstić information content (AvgIpc) is 2.98. The van der Waals surface area contributed by atoms with Crippen LogP contribution in [0, 0.1) is 0 Å². The van der Waals surface area contributed by atoms with Gasteiger partial charge in [0.25, 0.3) is 5.91 Å². The molecule has 134 valence electrons. The van der Waals surface area contributed by atoms with Crippen molar-refractivity contribution in [1.82, 2.24) is 9.78 Å². The van der Waals surface area contributed by atoms with Crippen molar-refractivity contribution in [3.8, 4) is 0 Å². The molecular formula is C18H20F3N3O. The van der Waals surface area contributed by atoms with Crippen LogP contribution in [0.3, 0.4) is 0 Å². The highest BCUT2D eigenvalue weighted by Gasteiger charge is 2.40. The molecule has 0 spiro atoms. The van der Waals surface area contributed by atoms with Crippen molar-refractivity contribution in [3.05, 3.63) is 46.8 Å². The lowest BCUT2D eigenvalue weighted by Crippen LogP contribution is -2.19. The normalized spacial score (nSPS) is 18.9. The number of carbonyl (C=O) groups is 1. The molecule has 3 rings (SSSR count). The second-order valence-corrected chi connectivity index (χ2v) is 7.27. The Bertz CT molecular complexity index is 837. The number of aromatic nitrogens is 2. The maximum Gasteiger partial charge on any atom is 0.435 e. The van der Waals surface area contributed by atoms with Gasteiger partial charge in [0.2, 0.25) is 0 Å². The third-order valence-electron chi connectivity index (χ3n) is 4.73. The van der Waals surface area contributed by atoms with Crippen molar-refractivity contribution >= 4 is 11.6 Å². The molecule has 2 aromatic rings. The van der Waals surface area contributed by atoms with E-state index in [2.05, 4.69) is 31.2 Å². The molecule has 0 fully saturated rings. The second kappa shape index (κ2) is 5.61. The fourth-order valence-electron chi connectivity index (χ4n) is 3.83. The Labute approximate surface area is 144 Å². The molecular weight excluding hydrogens is 331 g/mol. The van der Waals surface area contributed by atoms with Gasteiger partial charge >= 0.3 is 6.18 Å². The van der Waals surface area contributed by atoms with Gasteiger partial charge in [0, 0.05) is 18.9 Å². The van der Waals surface area contributed by atoms with Crippen molar-refractivity contribution in [1.29, 1.82) is 0 Å². The van der Waals surface area contributed by atoms with Gasteiger partial charge in [0.05, 0.1) is 5.56 Å². The largest absolute Gasteiger partial charge is 0.435 e. The van der Waals surface area contributed by atoms with Gasteiger partial charge in [-0.25, -0.2) is 0 Å². The van der Waals surface area contributed by atoms with Crippen LogP contribution in [0.2, 0.25) is 0 Å². The number of amides is 1. The number of halogens is 3. The maximum atomic E-state index is 13.1. The minimum Gasteiger partial charge on any atom is -0.322 e. The van der Waals surface area contributed by atoms with E-state index < -0.39 is 23.3 Å². The Morgan fingerprint density at radius 3 is 2.68 bits per heavy atom. The van der Waals surface area contributed by atoms with Gasteiger partial charge in [0.15, 0.2) is 5.69 Å². The monoisotopic (exact) mass is 351 g/mol. The number of fused-ring (bicyclic) bond motifs is 1. The molecule has 1 unspecified atom stereocenters. The van der Waals surface area contributed by atoms with E-state index in [9.17, 15) is 18.0 Å². The lowest BCUT2D eigenvalue weighted by Gasteiger charge is -2.19. The quantitative estimate of drug-likeness (QED) is 0.867. The van der Waals surface area contributed by atoms with Crippen molar-refractivity contribution in [2.24, 2.45) is 7.05 Å². The van der Waals surface area contributed by atoms with Gasteiger partial charge in [-0.3, -0.25) is 9.48 Å². The smallest absolute Gasteiger partial charge is 0.322 e. The van der Waals surface area contributed by atoms with Crippen LogP contribution in [0.5, 0.6) is 0 Å². The Hall–Kier alpha value is -2.31. The van der Waals surface area contributed by atoms with Gasteiger partial charge in [-0.2, -0.15) is 18.3 Å². The first-order valence-electron chi connectivity index (χ1n) is 8.06. The topological polar surface area (TPSA) is 46.9 Å². The summed E-state index contributed by atoms with van der Waals surface area (Å²) in [6, 6.07) is 5.57. The molecule has 1 aromatic carbocycles. The molecule has 7 heteroatoms. The summed E-state index contributed by atoms with van der Waals surface area (Å²) in [7, 11) is 1.36. The minimum absolute atomic E-state index is 0.0269. The van der Waals surface area contributed by atoms with Gasteiger partial charge < -0.3 is 5.32 Å². The molecule has 4 nitrogen and oxygen atoms in total. The van der Waals surface area contributed by atoms with Crippen molar-refractivity contribution in [2.75, 3.05) is 5.32 Å². The van der Waals surface area contributed by atoms with Gasteiger partial charge in [-0.1, -0.05) is 32.9 Å². The number of hydrogen-bond acceptors (Lipinski definition) is 2. The Morgan fingerprint density at radius 1 is 1.36 bits per heavy atom. The summed E-state index contributed by atoms with van der Waals surface area (Å²) in [5, 5.41) is 6.05. The summed E-state index contributed by atoms with van der Waals surface area (Å²) in [5.41, 5.74) is 1.02. The van der Waals surface area contributed by atoms with Crippen LogP contribution in [0.25, 0.3) is 0 Å². The Balaban J connectivity index is 1.98. The van der Waals surface area contributed by atoms with Crippen LogP contribution in [0.4, 0.5) is 18.9 Å². The molecule has 1 aromatic heterocycles. The Morgan fingerprint density at radius 2 is 2.04 bits per heavy atom. The first-order chi connectivity index (χ1) is 11.5. The number of rotatable bonds is 2. The van der Waals surface area contributed by atoms with Crippen molar-refractivity contribution < 1.29 is 18.0 Å². The van der Waals surface area contributed by atoms with Crippen LogP contribution in [0.1, 0.15) is 60.3 Å². The molecule has 1 amide bonds. The van der Waals surface area contributed by atoms with E-state index >= 15 is 0 Å². The van der Waals surface area contributed by atoms with Crippen LogP contribution < -0.4 is 5.32 Å². The summed E-state index contributed by atoms with van der Waals surface area (Å²) >= 11 is 0. The lowest BCUT2D eigenvalue weighted by molar-refractivity contribution is -0.141. The number of aryl methyl sites for hydroxylation is 1. The van der Waals surface area contributed by atoms with Gasteiger partial charge in [0.1, 0.15) is 0 Å². The zero-order valence-corrected chi connectivity index (χ0v) is 14.5. The molecule has 0 radical (unpaired) electrons. The lowest BCUT2D eigenvalue weighted by atomic mass is 9.86. The van der Waals surface area contributed by atoms with Crippen molar-refractivity contribution in [2.45, 2.75) is 44.7 Å². The number of alkyl halides is 3. The summed E-state index contributed by atoms with van der Waals surface area (Å²) in [6.07, 6.45) is -2.66. The first-order valence-corrected chi connectivity index (χ1v) is 8.06. The van der Waals surface area contributed by atoms with E-state index in [0.29, 0.717) is 5.69 Å². The maximum absolute atomic E-state index is 13.1. The molecule has 1 N–H and O–H groups in total. The summed E-state index contributed by atoms with van der Waals surface area (Å²) < 4.78 is 40.3. The molecule has 0 saturated carbocycles. The highest BCUT2D eigenvalue weighted by atomic mass is 19.4. The highest BCUT2D eigenvalue weighted by Crippen LogP contribution is 2.48. The predicted molar refractivity (Wildman–Crippen MR) is 88.7 cm³/mol. The fraction of sp³-hybridized carbons (Fsp3) is 0.444. The zero-order valence-electron chi connectivity index (χ0n) is 14.5. The fourth-order valence-corrected chi connectivity index (χ4v) is 3.83. The summed E-state index contributed by atoms with van der Waals surface area (Å²) in [4.78, 5) is 12.5. The minimum atomic E-state index is -4.68. The van der Waals surface area contributed by atoms with E-state index in [-0.39, 0.29) is 11.3 Å². The summed E-state index contributed by atoms with van der Waals surface area (Å²) in [5.74, 6) is -0.580. The van der Waals surface area contributed by atoms with Gasteiger partial charge in [-0.15, -0.1) is 0 Å². The van der Waals surface area contributed by atoms with E-state index in [1.54, 1.807) is 6.07 Å². The van der Waals surface area contributed by atoms with E-state index in [0.717, 1.165) is 28.4 Å². The number of carbonyl (C=O) groups excluding carboxylic acids is 1. The number of nitrogens with one attached hydrogen (secondary N) is 1. The molecule has 0 aliphatic heterocycles. The molecule has 1 aliphatic rings. The number of anilines is 1. The zero-order chi connectivity index (χ0) is 18.6. The van der Waals surface area contributed by atoms with Crippen LogP contribution in [0.15, 0.2) is 24.4 Å². The number of nitrogens with zero attached hydrogens (tertiary/aromatic N) is 2.